The summed E-state index contributed by atoms with van der Waals surface area (Å²) < 4.78 is 28.7. The molecule has 0 aliphatic carbocycles. The van der Waals surface area contributed by atoms with Gasteiger partial charge >= 0.3 is 0 Å². The normalized spacial score (nSPS) is 12.0. The zero-order valence-electron chi connectivity index (χ0n) is 11.9. The largest absolute Gasteiger partial charge is 0.394 e. The minimum absolute atomic E-state index is 0.0969. The van der Waals surface area contributed by atoms with Crippen molar-refractivity contribution in [3.63, 3.8) is 0 Å². The lowest BCUT2D eigenvalue weighted by Crippen LogP contribution is -2.27. The Balaban J connectivity index is 2.12. The second-order valence-corrected chi connectivity index (χ2v) is 6.23. The van der Waals surface area contributed by atoms with E-state index in [0.717, 1.165) is 0 Å². The topological polar surface area (TPSA) is 126 Å². The molecule has 0 fully saturated rings. The van der Waals surface area contributed by atoms with Gasteiger partial charge < -0.3 is 5.11 Å². The highest BCUT2D eigenvalue weighted by Gasteiger charge is 2.24. The second-order valence-electron chi connectivity index (χ2n) is 4.53. The Bertz CT molecular complexity index is 692. The van der Waals surface area contributed by atoms with Crippen molar-refractivity contribution in [2.45, 2.75) is 31.7 Å². The Morgan fingerprint density at radius 3 is 2.81 bits per heavy atom. The molecule has 0 atom stereocenters. The molecular formula is C11H18N6O3S. The van der Waals surface area contributed by atoms with Gasteiger partial charge in [0.1, 0.15) is 17.0 Å². The summed E-state index contributed by atoms with van der Waals surface area (Å²) in [5.74, 6) is 0.613. The third-order valence-electron chi connectivity index (χ3n) is 3.01. The third kappa shape index (κ3) is 3.46. The van der Waals surface area contributed by atoms with E-state index in [9.17, 15) is 8.42 Å². The summed E-state index contributed by atoms with van der Waals surface area (Å²) in [4.78, 5) is 4.09. The minimum atomic E-state index is -3.65. The van der Waals surface area contributed by atoms with Crippen LogP contribution >= 0.6 is 0 Å². The molecule has 21 heavy (non-hydrogen) atoms. The van der Waals surface area contributed by atoms with Gasteiger partial charge in [0, 0.05) is 13.0 Å². The number of nitrogens with zero attached hydrogens (tertiary/aromatic N) is 4. The first-order valence-electron chi connectivity index (χ1n) is 6.44. The van der Waals surface area contributed by atoms with Crippen molar-refractivity contribution in [1.82, 2.24) is 29.7 Å². The van der Waals surface area contributed by atoms with Crippen LogP contribution in [-0.2, 0) is 23.0 Å². The average Bonchev–Trinajstić information content (AvgIpc) is 2.99. The highest BCUT2D eigenvalue weighted by atomic mass is 32.2. The minimum Gasteiger partial charge on any atom is -0.394 e. The summed E-state index contributed by atoms with van der Waals surface area (Å²) >= 11 is 0. The Morgan fingerprint density at radius 1 is 1.43 bits per heavy atom. The van der Waals surface area contributed by atoms with Crippen LogP contribution in [-0.4, -0.2) is 51.6 Å². The summed E-state index contributed by atoms with van der Waals surface area (Å²) in [7, 11) is -3.65. The van der Waals surface area contributed by atoms with Crippen molar-refractivity contribution >= 4 is 10.0 Å². The molecule has 2 aromatic rings. The molecule has 0 aliphatic heterocycles. The first-order chi connectivity index (χ1) is 9.95. The molecule has 9 nitrogen and oxygen atoms in total. The molecule has 10 heteroatoms. The van der Waals surface area contributed by atoms with Gasteiger partial charge in [0.2, 0.25) is 10.0 Å². The van der Waals surface area contributed by atoms with E-state index < -0.39 is 10.0 Å². The van der Waals surface area contributed by atoms with E-state index in [0.29, 0.717) is 23.6 Å². The SMILES string of the molecule is Cc1nn(CCO)c(C)c1S(=O)(=O)NCCc1ncn[nH]1. The number of H-pyrrole nitrogens is 1. The summed E-state index contributed by atoms with van der Waals surface area (Å²) in [5.41, 5.74) is 0.918. The molecule has 116 valence electrons. The zero-order valence-corrected chi connectivity index (χ0v) is 12.7. The van der Waals surface area contributed by atoms with Crippen LogP contribution in [0, 0.1) is 13.8 Å². The Hall–Kier alpha value is -1.78. The quantitative estimate of drug-likeness (QED) is 0.610. The number of rotatable bonds is 7. The van der Waals surface area contributed by atoms with E-state index in [2.05, 4.69) is 25.0 Å². The van der Waals surface area contributed by atoms with Crippen LogP contribution in [0.5, 0.6) is 0 Å². The van der Waals surface area contributed by atoms with Crippen LogP contribution in [0.1, 0.15) is 17.2 Å². The standard InChI is InChI=1S/C11H18N6O3S/c1-8-11(9(2)17(16-8)5-6-18)21(19,20)14-4-3-10-12-7-13-15-10/h7,14,18H,3-6H2,1-2H3,(H,12,13,15). The summed E-state index contributed by atoms with van der Waals surface area (Å²) in [6, 6.07) is 0. The molecule has 0 spiro atoms. The van der Waals surface area contributed by atoms with Gasteiger partial charge in [-0.15, -0.1) is 0 Å². The van der Waals surface area contributed by atoms with Gasteiger partial charge in [0.25, 0.3) is 0 Å². The van der Waals surface area contributed by atoms with Crippen molar-refractivity contribution < 1.29 is 13.5 Å². The molecule has 0 saturated heterocycles. The summed E-state index contributed by atoms with van der Waals surface area (Å²) in [6.07, 6.45) is 1.79. The zero-order chi connectivity index (χ0) is 15.5. The highest BCUT2D eigenvalue weighted by molar-refractivity contribution is 7.89. The molecule has 3 N–H and O–H groups in total. The van der Waals surface area contributed by atoms with Crippen LogP contribution < -0.4 is 4.72 Å². The lowest BCUT2D eigenvalue weighted by atomic mass is 10.4. The number of aromatic nitrogens is 5. The van der Waals surface area contributed by atoms with Crippen molar-refractivity contribution in [2.75, 3.05) is 13.2 Å². The van der Waals surface area contributed by atoms with E-state index in [1.165, 1.54) is 11.0 Å². The van der Waals surface area contributed by atoms with Crippen LogP contribution in [0.4, 0.5) is 0 Å². The molecular weight excluding hydrogens is 296 g/mol. The lowest BCUT2D eigenvalue weighted by molar-refractivity contribution is 0.267. The lowest BCUT2D eigenvalue weighted by Gasteiger charge is -2.07. The maximum Gasteiger partial charge on any atom is 0.244 e. The van der Waals surface area contributed by atoms with Crippen molar-refractivity contribution in [2.24, 2.45) is 0 Å². The Labute approximate surface area is 122 Å². The molecule has 0 aromatic carbocycles. The number of hydrogen-bond acceptors (Lipinski definition) is 6. The molecule has 2 heterocycles. The fourth-order valence-electron chi connectivity index (χ4n) is 2.11. The van der Waals surface area contributed by atoms with Gasteiger partial charge in [-0.1, -0.05) is 0 Å². The second kappa shape index (κ2) is 6.33. The number of aryl methyl sites for hydroxylation is 1. The van der Waals surface area contributed by atoms with Gasteiger partial charge in [-0.3, -0.25) is 9.78 Å². The summed E-state index contributed by atoms with van der Waals surface area (Å²) in [5, 5.41) is 19.4. The van der Waals surface area contributed by atoms with E-state index in [1.54, 1.807) is 13.8 Å². The summed E-state index contributed by atoms with van der Waals surface area (Å²) in [6.45, 7) is 3.68. The van der Waals surface area contributed by atoms with E-state index in [4.69, 9.17) is 5.11 Å². The van der Waals surface area contributed by atoms with Crippen molar-refractivity contribution in [3.05, 3.63) is 23.5 Å². The molecule has 0 radical (unpaired) electrons. The molecule has 0 amide bonds. The first kappa shape index (κ1) is 15.6. The van der Waals surface area contributed by atoms with Crippen molar-refractivity contribution in [1.29, 1.82) is 0 Å². The highest BCUT2D eigenvalue weighted by Crippen LogP contribution is 2.18. The number of aliphatic hydroxyl groups is 1. The number of aromatic amines is 1. The van der Waals surface area contributed by atoms with E-state index >= 15 is 0 Å². The average molecular weight is 314 g/mol. The molecule has 0 bridgehead atoms. The molecule has 0 aliphatic rings. The third-order valence-corrected chi connectivity index (χ3v) is 4.73. The van der Waals surface area contributed by atoms with Gasteiger partial charge in [0.15, 0.2) is 0 Å². The van der Waals surface area contributed by atoms with Gasteiger partial charge in [0.05, 0.1) is 24.5 Å². The van der Waals surface area contributed by atoms with E-state index in [1.807, 2.05) is 0 Å². The predicted molar refractivity (Wildman–Crippen MR) is 74.1 cm³/mol. The predicted octanol–water partition coefficient (Wildman–Crippen LogP) is -0.869. The van der Waals surface area contributed by atoms with Crippen molar-refractivity contribution in [3.8, 4) is 0 Å². The number of aliphatic hydroxyl groups excluding tert-OH is 1. The molecule has 0 saturated carbocycles. The smallest absolute Gasteiger partial charge is 0.244 e. The van der Waals surface area contributed by atoms with E-state index in [-0.39, 0.29) is 24.6 Å². The molecule has 2 rings (SSSR count). The number of nitrogens with one attached hydrogen (secondary N) is 2. The number of hydrogen-bond donors (Lipinski definition) is 3. The fraction of sp³-hybridized carbons (Fsp3) is 0.545. The first-order valence-corrected chi connectivity index (χ1v) is 7.93. The van der Waals surface area contributed by atoms with Crippen LogP contribution in [0.3, 0.4) is 0 Å². The van der Waals surface area contributed by atoms with Crippen LogP contribution in [0.25, 0.3) is 0 Å². The molecule has 2 aromatic heterocycles. The Kier molecular flexibility index (Phi) is 4.70. The molecule has 0 unspecified atom stereocenters. The maximum atomic E-state index is 12.3. The Morgan fingerprint density at radius 2 is 2.19 bits per heavy atom. The number of sulfonamides is 1. The maximum absolute atomic E-state index is 12.3. The fourth-order valence-corrected chi connectivity index (χ4v) is 3.55. The van der Waals surface area contributed by atoms with Gasteiger partial charge in [-0.25, -0.2) is 18.1 Å². The van der Waals surface area contributed by atoms with Crippen LogP contribution in [0.2, 0.25) is 0 Å². The van der Waals surface area contributed by atoms with Crippen LogP contribution in [0.15, 0.2) is 11.2 Å². The monoisotopic (exact) mass is 314 g/mol. The van der Waals surface area contributed by atoms with Gasteiger partial charge in [-0.2, -0.15) is 10.2 Å². The van der Waals surface area contributed by atoms with Gasteiger partial charge in [-0.05, 0) is 13.8 Å².